The number of nitrogens with zero attached hydrogens (tertiary/aromatic N) is 2. The second-order valence-corrected chi connectivity index (χ2v) is 6.16. The highest BCUT2D eigenvalue weighted by Gasteiger charge is 2.09. The number of hydrogen-bond acceptors (Lipinski definition) is 5. The van der Waals surface area contributed by atoms with Crippen molar-refractivity contribution >= 4 is 55.6 Å². The molecule has 20 heavy (non-hydrogen) atoms. The Bertz CT molecular complexity index is 627. The molecule has 1 aromatic heterocycles. The SMILES string of the molecule is CCc1nnc(NC(=S)NC(=O)c2ccc(Br)cc2)s1. The predicted octanol–water partition coefficient (Wildman–Crippen LogP) is 2.99. The van der Waals surface area contributed by atoms with E-state index >= 15 is 0 Å². The van der Waals surface area contributed by atoms with E-state index in [0.29, 0.717) is 10.7 Å². The maximum absolute atomic E-state index is 11.9. The first-order valence-electron chi connectivity index (χ1n) is 5.78. The van der Waals surface area contributed by atoms with Gasteiger partial charge in [-0.05, 0) is 42.9 Å². The van der Waals surface area contributed by atoms with E-state index in [1.165, 1.54) is 11.3 Å². The van der Waals surface area contributed by atoms with E-state index in [4.69, 9.17) is 12.2 Å². The molecule has 0 bridgehead atoms. The Balaban J connectivity index is 1.94. The fourth-order valence-electron chi connectivity index (χ4n) is 1.35. The summed E-state index contributed by atoms with van der Waals surface area (Å²) in [7, 11) is 0. The number of nitrogens with one attached hydrogen (secondary N) is 2. The van der Waals surface area contributed by atoms with E-state index in [9.17, 15) is 4.79 Å². The Morgan fingerprint density at radius 1 is 1.35 bits per heavy atom. The van der Waals surface area contributed by atoms with Crippen molar-refractivity contribution in [3.8, 4) is 0 Å². The number of thiocarbonyl (C=S) groups is 1. The quantitative estimate of drug-likeness (QED) is 0.812. The molecule has 0 unspecified atom stereocenters. The normalized spacial score (nSPS) is 10.1. The van der Waals surface area contributed by atoms with Crippen LogP contribution in [0.2, 0.25) is 0 Å². The van der Waals surface area contributed by atoms with Crippen LogP contribution in [0, 0.1) is 0 Å². The van der Waals surface area contributed by atoms with Crippen molar-refractivity contribution in [2.75, 3.05) is 5.32 Å². The number of hydrogen-bond donors (Lipinski definition) is 2. The number of amides is 1. The fraction of sp³-hybridized carbons (Fsp3) is 0.167. The number of benzene rings is 1. The first-order valence-corrected chi connectivity index (χ1v) is 7.80. The van der Waals surface area contributed by atoms with Crippen molar-refractivity contribution < 1.29 is 4.79 Å². The third kappa shape index (κ3) is 4.06. The summed E-state index contributed by atoms with van der Waals surface area (Å²) in [6.45, 7) is 2.00. The Hall–Kier alpha value is -1.38. The molecule has 8 heteroatoms. The van der Waals surface area contributed by atoms with Gasteiger partial charge in [0.1, 0.15) is 5.01 Å². The standard InChI is InChI=1S/C12H11BrN4OS2/c1-2-9-16-17-12(20-9)15-11(19)14-10(18)7-3-5-8(13)6-4-7/h3-6H,2H2,1H3,(H2,14,15,17,18,19). The van der Waals surface area contributed by atoms with Crippen LogP contribution in [0.3, 0.4) is 0 Å². The third-order valence-electron chi connectivity index (χ3n) is 2.32. The minimum atomic E-state index is -0.268. The summed E-state index contributed by atoms with van der Waals surface area (Å²) < 4.78 is 0.913. The van der Waals surface area contributed by atoms with Crippen molar-refractivity contribution in [1.82, 2.24) is 15.5 Å². The van der Waals surface area contributed by atoms with Crippen molar-refractivity contribution in [1.29, 1.82) is 0 Å². The van der Waals surface area contributed by atoms with Crippen LogP contribution < -0.4 is 10.6 Å². The number of rotatable bonds is 3. The van der Waals surface area contributed by atoms with Gasteiger partial charge in [-0.25, -0.2) is 0 Å². The Morgan fingerprint density at radius 3 is 2.65 bits per heavy atom. The molecule has 0 spiro atoms. The van der Waals surface area contributed by atoms with Crippen LogP contribution in [-0.2, 0) is 6.42 Å². The number of aromatic nitrogens is 2. The molecule has 2 N–H and O–H groups in total. The Kier molecular flexibility index (Phi) is 5.16. The second-order valence-electron chi connectivity index (χ2n) is 3.77. The lowest BCUT2D eigenvalue weighted by Crippen LogP contribution is -2.34. The van der Waals surface area contributed by atoms with E-state index in [1.54, 1.807) is 24.3 Å². The summed E-state index contributed by atoms with van der Waals surface area (Å²) in [5, 5.41) is 15.0. The Morgan fingerprint density at radius 2 is 2.05 bits per heavy atom. The van der Waals surface area contributed by atoms with E-state index in [0.717, 1.165) is 15.9 Å². The number of halogens is 1. The van der Waals surface area contributed by atoms with Crippen molar-refractivity contribution in [2.45, 2.75) is 13.3 Å². The van der Waals surface area contributed by atoms with E-state index in [1.807, 2.05) is 6.92 Å². The predicted molar refractivity (Wildman–Crippen MR) is 87.1 cm³/mol. The fourth-order valence-corrected chi connectivity index (χ4v) is 2.55. The van der Waals surface area contributed by atoms with Crippen LogP contribution in [0.15, 0.2) is 28.7 Å². The molecule has 0 aliphatic heterocycles. The monoisotopic (exact) mass is 370 g/mol. The van der Waals surface area contributed by atoms with Crippen LogP contribution in [0.1, 0.15) is 22.3 Å². The van der Waals surface area contributed by atoms with Gasteiger partial charge in [-0.2, -0.15) is 0 Å². The molecule has 0 atom stereocenters. The molecule has 1 heterocycles. The van der Waals surface area contributed by atoms with Gasteiger partial charge in [0.2, 0.25) is 5.13 Å². The average Bonchev–Trinajstić information content (AvgIpc) is 2.86. The molecule has 0 saturated heterocycles. The molecule has 5 nitrogen and oxygen atoms in total. The summed E-state index contributed by atoms with van der Waals surface area (Å²) in [4.78, 5) is 11.9. The molecular weight excluding hydrogens is 360 g/mol. The number of carbonyl (C=O) groups is 1. The van der Waals surface area contributed by atoms with Gasteiger partial charge < -0.3 is 5.32 Å². The highest BCUT2D eigenvalue weighted by atomic mass is 79.9. The smallest absolute Gasteiger partial charge is 0.257 e. The second kappa shape index (κ2) is 6.87. The van der Waals surface area contributed by atoms with Crippen molar-refractivity contribution in [2.24, 2.45) is 0 Å². The molecule has 0 saturated carbocycles. The minimum Gasteiger partial charge on any atom is -0.307 e. The van der Waals surface area contributed by atoms with E-state index in [2.05, 4.69) is 36.8 Å². The first kappa shape index (κ1) is 15.0. The first-order chi connectivity index (χ1) is 9.58. The third-order valence-corrected chi connectivity index (χ3v) is 4.04. The summed E-state index contributed by atoms with van der Waals surface area (Å²) >= 11 is 9.79. The molecule has 0 aliphatic rings. The molecular formula is C12H11BrN4OS2. The number of aryl methyl sites for hydroxylation is 1. The molecule has 0 fully saturated rings. The summed E-state index contributed by atoms with van der Waals surface area (Å²) in [5.74, 6) is -0.268. The van der Waals surface area contributed by atoms with Crippen molar-refractivity contribution in [3.63, 3.8) is 0 Å². The van der Waals surface area contributed by atoms with Gasteiger partial charge in [0.25, 0.3) is 5.91 Å². The van der Waals surface area contributed by atoms with E-state index < -0.39 is 0 Å². The van der Waals surface area contributed by atoms with Gasteiger partial charge in [-0.3, -0.25) is 10.1 Å². The molecule has 104 valence electrons. The Labute approximate surface area is 133 Å². The topological polar surface area (TPSA) is 66.9 Å². The van der Waals surface area contributed by atoms with Gasteiger partial charge in [0, 0.05) is 10.0 Å². The molecule has 1 amide bonds. The summed E-state index contributed by atoms with van der Waals surface area (Å²) in [6, 6.07) is 7.01. The zero-order valence-corrected chi connectivity index (χ0v) is 13.7. The lowest BCUT2D eigenvalue weighted by atomic mass is 10.2. The molecule has 2 aromatic rings. The van der Waals surface area contributed by atoms with Crippen molar-refractivity contribution in [3.05, 3.63) is 39.3 Å². The van der Waals surface area contributed by atoms with Gasteiger partial charge in [-0.15, -0.1) is 10.2 Å². The summed E-state index contributed by atoms with van der Waals surface area (Å²) in [5.41, 5.74) is 0.531. The van der Waals surface area contributed by atoms with Crippen LogP contribution in [-0.4, -0.2) is 21.2 Å². The molecule has 0 aliphatic carbocycles. The van der Waals surface area contributed by atoms with Crippen LogP contribution in [0.4, 0.5) is 5.13 Å². The minimum absolute atomic E-state index is 0.205. The summed E-state index contributed by atoms with van der Waals surface area (Å²) in [6.07, 6.45) is 0.817. The molecule has 2 rings (SSSR count). The number of carbonyl (C=O) groups excluding carboxylic acids is 1. The lowest BCUT2D eigenvalue weighted by molar-refractivity contribution is 0.0977. The number of anilines is 1. The maximum Gasteiger partial charge on any atom is 0.257 e. The highest BCUT2D eigenvalue weighted by molar-refractivity contribution is 9.10. The largest absolute Gasteiger partial charge is 0.307 e. The van der Waals surface area contributed by atoms with Crippen LogP contribution >= 0.6 is 39.5 Å². The lowest BCUT2D eigenvalue weighted by Gasteiger charge is -2.06. The molecule has 1 aromatic carbocycles. The zero-order chi connectivity index (χ0) is 14.5. The van der Waals surface area contributed by atoms with Crippen LogP contribution in [0.25, 0.3) is 0 Å². The van der Waals surface area contributed by atoms with E-state index in [-0.39, 0.29) is 11.0 Å². The highest BCUT2D eigenvalue weighted by Crippen LogP contribution is 2.15. The van der Waals surface area contributed by atoms with Gasteiger partial charge >= 0.3 is 0 Å². The zero-order valence-electron chi connectivity index (χ0n) is 10.5. The van der Waals surface area contributed by atoms with Crippen LogP contribution in [0.5, 0.6) is 0 Å². The van der Waals surface area contributed by atoms with Gasteiger partial charge in [-0.1, -0.05) is 34.2 Å². The maximum atomic E-state index is 11.9. The van der Waals surface area contributed by atoms with Gasteiger partial charge in [0.05, 0.1) is 0 Å². The van der Waals surface area contributed by atoms with Gasteiger partial charge in [0.15, 0.2) is 5.11 Å². The molecule has 0 radical (unpaired) electrons. The average molecular weight is 371 g/mol.